The summed E-state index contributed by atoms with van der Waals surface area (Å²) < 4.78 is 13.0. The summed E-state index contributed by atoms with van der Waals surface area (Å²) in [5, 5.41) is 8.98. The van der Waals surface area contributed by atoms with Gasteiger partial charge in [-0.25, -0.2) is 4.39 Å². The second-order valence-corrected chi connectivity index (χ2v) is 6.36. The number of rotatable bonds is 7. The van der Waals surface area contributed by atoms with Gasteiger partial charge in [-0.2, -0.15) is 0 Å². The first kappa shape index (κ1) is 17.9. The number of likely N-dealkylation sites (N-methyl/N-ethyl adjacent to an activating group) is 1. The van der Waals surface area contributed by atoms with Crippen LogP contribution in [0.3, 0.4) is 0 Å². The van der Waals surface area contributed by atoms with E-state index in [1.54, 1.807) is 24.1 Å². The minimum Gasteiger partial charge on any atom is -0.396 e. The van der Waals surface area contributed by atoms with Gasteiger partial charge in [-0.15, -0.1) is 0 Å². The van der Waals surface area contributed by atoms with Gasteiger partial charge in [0.2, 0.25) is 5.91 Å². The van der Waals surface area contributed by atoms with Crippen molar-refractivity contribution >= 4 is 5.91 Å². The number of carbonyl (C=O) groups is 1. The molecule has 1 aromatic carbocycles. The van der Waals surface area contributed by atoms with E-state index in [-0.39, 0.29) is 24.4 Å². The lowest BCUT2D eigenvalue weighted by atomic mass is 10.1. The van der Waals surface area contributed by atoms with Crippen molar-refractivity contribution in [2.24, 2.45) is 0 Å². The summed E-state index contributed by atoms with van der Waals surface area (Å²) in [4.78, 5) is 16.5. The van der Waals surface area contributed by atoms with E-state index >= 15 is 0 Å². The molecule has 0 radical (unpaired) electrons. The third kappa shape index (κ3) is 4.75. The third-order valence-electron chi connectivity index (χ3n) is 4.86. The number of aliphatic hydroxyl groups is 1. The largest absolute Gasteiger partial charge is 0.396 e. The standard InChI is InChI=1S/C18H27FN2O2/c1-14(15-7-9-16(19)10-8-15)20(2)18(23)13-21-11-3-5-17(21)6-4-12-22/h7-10,14,17,22H,3-6,11-13H2,1-2H3. The van der Waals surface area contributed by atoms with Crippen LogP contribution in [0.4, 0.5) is 4.39 Å². The number of likely N-dealkylation sites (tertiary alicyclic amines) is 1. The van der Waals surface area contributed by atoms with Gasteiger partial charge in [-0.05, 0) is 56.8 Å². The molecule has 1 amide bonds. The Hall–Kier alpha value is -1.46. The van der Waals surface area contributed by atoms with Gasteiger partial charge in [0.1, 0.15) is 5.82 Å². The Morgan fingerprint density at radius 2 is 2.13 bits per heavy atom. The van der Waals surface area contributed by atoms with Crippen LogP contribution in [0.25, 0.3) is 0 Å². The third-order valence-corrected chi connectivity index (χ3v) is 4.86. The lowest BCUT2D eigenvalue weighted by Gasteiger charge is -2.30. The van der Waals surface area contributed by atoms with E-state index in [2.05, 4.69) is 4.90 Å². The average Bonchev–Trinajstić information content (AvgIpc) is 2.99. The molecule has 1 aliphatic rings. The maximum absolute atomic E-state index is 13.0. The van der Waals surface area contributed by atoms with Gasteiger partial charge in [-0.3, -0.25) is 9.69 Å². The van der Waals surface area contributed by atoms with Crippen molar-refractivity contribution in [2.45, 2.75) is 44.7 Å². The normalized spacial score (nSPS) is 19.7. The summed E-state index contributed by atoms with van der Waals surface area (Å²) in [6.45, 7) is 3.52. The molecule has 2 unspecified atom stereocenters. The molecular weight excluding hydrogens is 295 g/mol. The first-order chi connectivity index (χ1) is 11.0. The summed E-state index contributed by atoms with van der Waals surface area (Å²) in [6, 6.07) is 6.63. The van der Waals surface area contributed by atoms with Crippen LogP contribution in [-0.4, -0.2) is 53.6 Å². The molecule has 1 aliphatic heterocycles. The molecule has 1 heterocycles. The first-order valence-electron chi connectivity index (χ1n) is 8.39. The van der Waals surface area contributed by atoms with Gasteiger partial charge < -0.3 is 10.0 Å². The van der Waals surface area contributed by atoms with Crippen LogP contribution in [0.2, 0.25) is 0 Å². The monoisotopic (exact) mass is 322 g/mol. The molecule has 1 aromatic rings. The van der Waals surface area contributed by atoms with Crippen LogP contribution in [0.1, 0.15) is 44.2 Å². The Kier molecular flexibility index (Phi) is 6.54. The van der Waals surface area contributed by atoms with Crippen LogP contribution in [0.15, 0.2) is 24.3 Å². The van der Waals surface area contributed by atoms with Gasteiger partial charge in [0, 0.05) is 19.7 Å². The van der Waals surface area contributed by atoms with Crippen molar-refractivity contribution in [1.29, 1.82) is 0 Å². The zero-order valence-electron chi connectivity index (χ0n) is 14.0. The molecule has 2 rings (SSSR count). The molecular formula is C18H27FN2O2. The Balaban J connectivity index is 1.92. The molecule has 128 valence electrons. The van der Waals surface area contributed by atoms with E-state index < -0.39 is 0 Å². The highest BCUT2D eigenvalue weighted by Crippen LogP contribution is 2.23. The second kappa shape index (κ2) is 8.41. The number of hydrogen-bond acceptors (Lipinski definition) is 3. The van der Waals surface area contributed by atoms with Crippen molar-refractivity contribution in [3.8, 4) is 0 Å². The van der Waals surface area contributed by atoms with Crippen molar-refractivity contribution in [3.63, 3.8) is 0 Å². The fourth-order valence-electron chi connectivity index (χ4n) is 3.22. The molecule has 23 heavy (non-hydrogen) atoms. The number of amides is 1. The number of nitrogens with zero attached hydrogens (tertiary/aromatic N) is 2. The van der Waals surface area contributed by atoms with Crippen molar-refractivity contribution in [3.05, 3.63) is 35.6 Å². The number of benzene rings is 1. The fourth-order valence-corrected chi connectivity index (χ4v) is 3.22. The Morgan fingerprint density at radius 3 is 2.78 bits per heavy atom. The maximum atomic E-state index is 13.0. The Bertz CT molecular complexity index is 506. The zero-order valence-corrected chi connectivity index (χ0v) is 14.0. The SMILES string of the molecule is CC(c1ccc(F)cc1)N(C)C(=O)CN1CCCC1CCCO. The molecule has 0 aromatic heterocycles. The maximum Gasteiger partial charge on any atom is 0.237 e. The van der Waals surface area contributed by atoms with Gasteiger partial charge in [0.25, 0.3) is 0 Å². The van der Waals surface area contributed by atoms with Gasteiger partial charge in [-0.1, -0.05) is 12.1 Å². The van der Waals surface area contributed by atoms with Crippen molar-refractivity contribution < 1.29 is 14.3 Å². The first-order valence-corrected chi connectivity index (χ1v) is 8.39. The Morgan fingerprint density at radius 1 is 1.43 bits per heavy atom. The van der Waals surface area contributed by atoms with Crippen molar-refractivity contribution in [1.82, 2.24) is 9.80 Å². The van der Waals surface area contributed by atoms with Gasteiger partial charge in [0.15, 0.2) is 0 Å². The molecule has 0 bridgehead atoms. The smallest absolute Gasteiger partial charge is 0.237 e. The van der Waals surface area contributed by atoms with E-state index in [4.69, 9.17) is 5.11 Å². The highest BCUT2D eigenvalue weighted by atomic mass is 19.1. The van der Waals surface area contributed by atoms with Crippen LogP contribution >= 0.6 is 0 Å². The van der Waals surface area contributed by atoms with Crippen molar-refractivity contribution in [2.75, 3.05) is 26.7 Å². The molecule has 0 saturated carbocycles. The van der Waals surface area contributed by atoms with E-state index in [0.29, 0.717) is 12.6 Å². The fraction of sp³-hybridized carbons (Fsp3) is 0.611. The number of hydrogen-bond donors (Lipinski definition) is 1. The van der Waals surface area contributed by atoms with E-state index in [1.165, 1.54) is 12.1 Å². The highest BCUT2D eigenvalue weighted by Gasteiger charge is 2.27. The summed E-state index contributed by atoms with van der Waals surface area (Å²) >= 11 is 0. The number of carbonyl (C=O) groups excluding carboxylic acids is 1. The minimum atomic E-state index is -0.265. The van der Waals surface area contributed by atoms with Crippen LogP contribution in [0, 0.1) is 5.82 Å². The predicted molar refractivity (Wildman–Crippen MR) is 88.5 cm³/mol. The zero-order chi connectivity index (χ0) is 16.8. The molecule has 0 spiro atoms. The predicted octanol–water partition coefficient (Wildman–Crippen LogP) is 2.58. The molecule has 0 aliphatic carbocycles. The molecule has 1 saturated heterocycles. The van der Waals surface area contributed by atoms with Crippen LogP contribution in [0.5, 0.6) is 0 Å². The highest BCUT2D eigenvalue weighted by molar-refractivity contribution is 5.78. The molecule has 5 heteroatoms. The number of aliphatic hydroxyl groups excluding tert-OH is 1. The lowest BCUT2D eigenvalue weighted by molar-refractivity contribution is -0.133. The summed E-state index contributed by atoms with van der Waals surface area (Å²) in [7, 11) is 1.80. The lowest BCUT2D eigenvalue weighted by Crippen LogP contribution is -2.41. The van der Waals surface area contributed by atoms with E-state index in [9.17, 15) is 9.18 Å². The molecule has 1 fully saturated rings. The van der Waals surface area contributed by atoms with E-state index in [1.807, 2.05) is 6.92 Å². The molecule has 1 N–H and O–H groups in total. The number of halogens is 1. The molecule has 2 atom stereocenters. The van der Waals surface area contributed by atoms with Gasteiger partial charge >= 0.3 is 0 Å². The summed E-state index contributed by atoms with van der Waals surface area (Å²) in [5.41, 5.74) is 0.931. The molecule has 4 nitrogen and oxygen atoms in total. The quantitative estimate of drug-likeness (QED) is 0.839. The Labute approximate surface area is 137 Å². The van der Waals surface area contributed by atoms with E-state index in [0.717, 1.165) is 37.8 Å². The van der Waals surface area contributed by atoms with Gasteiger partial charge in [0.05, 0.1) is 12.6 Å². The minimum absolute atomic E-state index is 0.0812. The van der Waals surface area contributed by atoms with Crippen LogP contribution in [-0.2, 0) is 4.79 Å². The second-order valence-electron chi connectivity index (χ2n) is 6.36. The summed E-state index contributed by atoms with van der Waals surface area (Å²) in [5.74, 6) is -0.184. The summed E-state index contributed by atoms with van der Waals surface area (Å²) in [6.07, 6.45) is 3.95. The average molecular weight is 322 g/mol. The van der Waals surface area contributed by atoms with Crippen LogP contribution < -0.4 is 0 Å². The topological polar surface area (TPSA) is 43.8 Å².